The van der Waals surface area contributed by atoms with Crippen molar-refractivity contribution in [2.45, 2.75) is 19.8 Å². The lowest BCUT2D eigenvalue weighted by molar-refractivity contribution is 0.0758. The van der Waals surface area contributed by atoms with Crippen molar-refractivity contribution in [2.24, 2.45) is 13.0 Å². The molecule has 2 aromatic rings. The molecule has 1 aliphatic heterocycles. The molecule has 2 aromatic heterocycles. The number of aryl methyl sites for hydroxylation is 2. The quantitative estimate of drug-likeness (QED) is 0.825. The minimum atomic E-state index is -0.0406. The van der Waals surface area contributed by atoms with Crippen LogP contribution in [0, 0.1) is 24.2 Å². The highest BCUT2D eigenvalue weighted by atomic mass is 16.2. The first-order valence-electron chi connectivity index (χ1n) is 8.72. The minimum Gasteiger partial charge on any atom is -0.341 e. The number of piperidine rings is 1. The van der Waals surface area contributed by atoms with Gasteiger partial charge in [0.25, 0.3) is 5.91 Å². The number of rotatable bonds is 4. The van der Waals surface area contributed by atoms with E-state index in [4.69, 9.17) is 5.26 Å². The van der Waals surface area contributed by atoms with E-state index in [2.05, 4.69) is 20.0 Å². The van der Waals surface area contributed by atoms with Crippen LogP contribution in [-0.4, -0.2) is 57.2 Å². The first-order valence-corrected chi connectivity index (χ1v) is 8.72. The molecule has 8 heteroatoms. The van der Waals surface area contributed by atoms with E-state index in [0.29, 0.717) is 29.8 Å². The summed E-state index contributed by atoms with van der Waals surface area (Å²) in [4.78, 5) is 24.9. The number of hydrogen-bond donors (Lipinski definition) is 0. The van der Waals surface area contributed by atoms with Crippen molar-refractivity contribution in [3.05, 3.63) is 35.4 Å². The predicted molar refractivity (Wildman–Crippen MR) is 96.6 cm³/mol. The van der Waals surface area contributed by atoms with Crippen LogP contribution >= 0.6 is 0 Å². The summed E-state index contributed by atoms with van der Waals surface area (Å²) in [5.41, 5.74) is 1.84. The van der Waals surface area contributed by atoms with E-state index in [0.717, 1.165) is 31.6 Å². The summed E-state index contributed by atoms with van der Waals surface area (Å²) in [6.07, 6.45) is 3.53. The highest BCUT2D eigenvalue weighted by Gasteiger charge is 2.24. The topological polar surface area (TPSA) is 90.9 Å². The zero-order valence-electron chi connectivity index (χ0n) is 15.4. The van der Waals surface area contributed by atoms with Crippen molar-refractivity contribution in [3.8, 4) is 6.07 Å². The van der Waals surface area contributed by atoms with E-state index in [1.807, 2.05) is 33.2 Å². The third-order valence-corrected chi connectivity index (χ3v) is 4.87. The van der Waals surface area contributed by atoms with Crippen LogP contribution in [0.15, 0.2) is 18.3 Å². The molecule has 0 atom stereocenters. The van der Waals surface area contributed by atoms with Crippen LogP contribution in [0.2, 0.25) is 0 Å². The van der Waals surface area contributed by atoms with Crippen molar-refractivity contribution < 1.29 is 4.79 Å². The molecule has 3 rings (SSSR count). The molecular formula is C18H23N7O. The first-order chi connectivity index (χ1) is 12.5. The Hall–Kier alpha value is -2.95. The van der Waals surface area contributed by atoms with Gasteiger partial charge in [-0.05, 0) is 37.8 Å². The summed E-state index contributed by atoms with van der Waals surface area (Å²) >= 11 is 0. The molecule has 0 saturated carbocycles. The summed E-state index contributed by atoms with van der Waals surface area (Å²) < 4.78 is 1.72. The van der Waals surface area contributed by atoms with Crippen LogP contribution in [0.3, 0.4) is 0 Å². The maximum absolute atomic E-state index is 12.5. The van der Waals surface area contributed by atoms with Gasteiger partial charge in [-0.2, -0.15) is 10.4 Å². The van der Waals surface area contributed by atoms with Gasteiger partial charge in [-0.25, -0.2) is 9.97 Å². The van der Waals surface area contributed by atoms with E-state index in [1.54, 1.807) is 21.8 Å². The Balaban J connectivity index is 1.55. The molecule has 1 fully saturated rings. The SMILES string of the molecule is Cc1cc(C(=O)N(C)CC2CCN(c3nccc(C#N)n3)CC2)nn1C. The van der Waals surface area contributed by atoms with Crippen LogP contribution < -0.4 is 4.90 Å². The Morgan fingerprint density at radius 2 is 2.15 bits per heavy atom. The lowest BCUT2D eigenvalue weighted by Gasteiger charge is -2.33. The second-order valence-corrected chi connectivity index (χ2v) is 6.76. The monoisotopic (exact) mass is 353 g/mol. The third kappa shape index (κ3) is 3.82. The molecule has 0 aliphatic carbocycles. The zero-order chi connectivity index (χ0) is 18.7. The lowest BCUT2D eigenvalue weighted by Crippen LogP contribution is -2.40. The maximum atomic E-state index is 12.5. The van der Waals surface area contributed by atoms with Crippen LogP contribution in [0.1, 0.15) is 34.7 Å². The Morgan fingerprint density at radius 3 is 2.77 bits per heavy atom. The summed E-state index contributed by atoms with van der Waals surface area (Å²) in [6.45, 7) is 4.29. The summed E-state index contributed by atoms with van der Waals surface area (Å²) in [6, 6.07) is 5.47. The van der Waals surface area contributed by atoms with Gasteiger partial charge in [0.15, 0.2) is 5.69 Å². The van der Waals surface area contributed by atoms with Gasteiger partial charge >= 0.3 is 0 Å². The standard InChI is InChI=1S/C18H23N7O/c1-13-10-16(22-24(13)3)17(26)23(2)12-14-5-8-25(9-6-14)18-20-7-4-15(11-19)21-18/h4,7,10,14H,5-6,8-9,12H2,1-3H3. The second kappa shape index (κ2) is 7.52. The van der Waals surface area contributed by atoms with Crippen LogP contribution in [-0.2, 0) is 7.05 Å². The molecule has 1 aliphatic rings. The minimum absolute atomic E-state index is 0.0406. The van der Waals surface area contributed by atoms with E-state index < -0.39 is 0 Å². The van der Waals surface area contributed by atoms with Crippen molar-refractivity contribution in [3.63, 3.8) is 0 Å². The smallest absolute Gasteiger partial charge is 0.274 e. The van der Waals surface area contributed by atoms with E-state index in [1.165, 1.54) is 0 Å². The number of hydrogen-bond acceptors (Lipinski definition) is 6. The number of anilines is 1. The number of amides is 1. The van der Waals surface area contributed by atoms with Gasteiger partial charge in [-0.3, -0.25) is 9.48 Å². The fourth-order valence-corrected chi connectivity index (χ4v) is 3.21. The molecular weight excluding hydrogens is 330 g/mol. The molecule has 8 nitrogen and oxygen atoms in total. The highest BCUT2D eigenvalue weighted by Crippen LogP contribution is 2.21. The number of carbonyl (C=O) groups is 1. The Labute approximate surface area is 153 Å². The zero-order valence-corrected chi connectivity index (χ0v) is 15.4. The fourth-order valence-electron chi connectivity index (χ4n) is 3.21. The van der Waals surface area contributed by atoms with E-state index >= 15 is 0 Å². The maximum Gasteiger partial charge on any atom is 0.274 e. The predicted octanol–water partition coefficient (Wildman–Crippen LogP) is 1.38. The molecule has 0 bridgehead atoms. The third-order valence-electron chi connectivity index (χ3n) is 4.87. The van der Waals surface area contributed by atoms with Gasteiger partial charge in [0.05, 0.1) is 0 Å². The van der Waals surface area contributed by atoms with Crippen LogP contribution in [0.5, 0.6) is 0 Å². The van der Waals surface area contributed by atoms with Crippen molar-refractivity contribution in [2.75, 3.05) is 31.6 Å². The Bertz CT molecular complexity index is 811. The van der Waals surface area contributed by atoms with Gasteiger partial charge in [-0.15, -0.1) is 0 Å². The summed E-state index contributed by atoms with van der Waals surface area (Å²) in [5, 5.41) is 13.2. The van der Waals surface area contributed by atoms with Crippen molar-refractivity contribution >= 4 is 11.9 Å². The van der Waals surface area contributed by atoms with Crippen LogP contribution in [0.4, 0.5) is 5.95 Å². The van der Waals surface area contributed by atoms with Crippen LogP contribution in [0.25, 0.3) is 0 Å². The Morgan fingerprint density at radius 1 is 1.42 bits per heavy atom. The number of nitrogens with zero attached hydrogens (tertiary/aromatic N) is 7. The van der Waals surface area contributed by atoms with Crippen molar-refractivity contribution in [1.82, 2.24) is 24.6 Å². The number of aromatic nitrogens is 4. The molecule has 0 N–H and O–H groups in total. The molecule has 136 valence electrons. The molecule has 0 aromatic carbocycles. The normalized spacial score (nSPS) is 14.9. The molecule has 0 unspecified atom stereocenters. The van der Waals surface area contributed by atoms with Gasteiger partial charge in [0, 0.05) is 45.6 Å². The van der Waals surface area contributed by atoms with Crippen molar-refractivity contribution in [1.29, 1.82) is 5.26 Å². The highest BCUT2D eigenvalue weighted by molar-refractivity contribution is 5.92. The molecule has 1 saturated heterocycles. The summed E-state index contributed by atoms with van der Waals surface area (Å²) in [5.74, 6) is 1.00. The molecule has 0 radical (unpaired) electrons. The molecule has 1 amide bonds. The average Bonchev–Trinajstić information content (AvgIpc) is 3.00. The second-order valence-electron chi connectivity index (χ2n) is 6.76. The molecule has 26 heavy (non-hydrogen) atoms. The van der Waals surface area contributed by atoms with E-state index in [-0.39, 0.29) is 5.91 Å². The van der Waals surface area contributed by atoms with Gasteiger partial charge in [-0.1, -0.05) is 0 Å². The molecule has 3 heterocycles. The average molecular weight is 353 g/mol. The lowest BCUT2D eigenvalue weighted by atomic mass is 9.96. The number of carbonyl (C=O) groups excluding carboxylic acids is 1. The van der Waals surface area contributed by atoms with Gasteiger partial charge in [0.2, 0.25) is 5.95 Å². The Kier molecular flexibility index (Phi) is 5.16. The van der Waals surface area contributed by atoms with E-state index in [9.17, 15) is 4.79 Å². The summed E-state index contributed by atoms with van der Waals surface area (Å²) in [7, 11) is 3.67. The van der Waals surface area contributed by atoms with Gasteiger partial charge < -0.3 is 9.80 Å². The molecule has 0 spiro atoms. The van der Waals surface area contributed by atoms with Gasteiger partial charge in [0.1, 0.15) is 11.8 Å². The number of nitriles is 1. The first kappa shape index (κ1) is 17.9. The fraction of sp³-hybridized carbons (Fsp3) is 0.500. The largest absolute Gasteiger partial charge is 0.341 e.